The quantitative estimate of drug-likeness (QED) is 0.448. The number of amides is 2. The molecule has 1 unspecified atom stereocenters. The average molecular weight is 431 g/mol. The molecule has 2 saturated heterocycles. The van der Waals surface area contributed by atoms with E-state index >= 15 is 0 Å². The van der Waals surface area contributed by atoms with Gasteiger partial charge in [-0.25, -0.2) is 4.79 Å². The van der Waals surface area contributed by atoms with Crippen molar-refractivity contribution in [2.45, 2.75) is 42.3 Å². The molecule has 1 aromatic heterocycles. The highest BCUT2D eigenvalue weighted by molar-refractivity contribution is 8.01. The van der Waals surface area contributed by atoms with Crippen molar-refractivity contribution >= 4 is 29.5 Å². The minimum absolute atomic E-state index is 0.299. The molecule has 2 aliphatic heterocycles. The van der Waals surface area contributed by atoms with E-state index in [0.29, 0.717) is 0 Å². The molecule has 156 valence electrons. The van der Waals surface area contributed by atoms with Crippen molar-refractivity contribution in [2.75, 3.05) is 7.11 Å². The molecule has 2 aliphatic rings. The van der Waals surface area contributed by atoms with E-state index in [9.17, 15) is 24.3 Å². The number of fused-ring (bicyclic) bond motifs is 1. The lowest BCUT2D eigenvalue weighted by Gasteiger charge is -2.51. The molecule has 2 amide bonds. The minimum atomic E-state index is -1.74. The van der Waals surface area contributed by atoms with E-state index in [1.54, 1.807) is 26.0 Å². The summed E-state index contributed by atoms with van der Waals surface area (Å²) in [4.78, 5) is 50.1. The van der Waals surface area contributed by atoms with Gasteiger partial charge < -0.3 is 24.6 Å². The van der Waals surface area contributed by atoms with Gasteiger partial charge in [0.1, 0.15) is 41.2 Å². The van der Waals surface area contributed by atoms with Crippen LogP contribution in [0.15, 0.2) is 17.2 Å². The zero-order valence-corrected chi connectivity index (χ0v) is 17.0. The first-order chi connectivity index (χ1) is 14.0. The van der Waals surface area contributed by atoms with Gasteiger partial charge in [-0.1, -0.05) is 0 Å². The Labute approximate surface area is 174 Å². The van der Waals surface area contributed by atoms with Crippen LogP contribution in [0.1, 0.15) is 25.0 Å². The lowest BCUT2D eigenvalue weighted by Crippen LogP contribution is -2.80. The van der Waals surface area contributed by atoms with Gasteiger partial charge in [0.25, 0.3) is 11.6 Å². The number of nitrogens with one attached hydrogen (secondary N) is 1. The van der Waals surface area contributed by atoms with Crippen LogP contribution in [0.3, 0.4) is 0 Å². The van der Waals surface area contributed by atoms with Crippen LogP contribution in [0.25, 0.3) is 0 Å². The van der Waals surface area contributed by atoms with Crippen LogP contribution in [-0.2, 0) is 25.7 Å². The van der Waals surface area contributed by atoms with Crippen LogP contribution in [0.5, 0.6) is 0 Å². The molecule has 0 aliphatic carbocycles. The van der Waals surface area contributed by atoms with E-state index < -0.39 is 51.6 Å². The Bertz CT molecular complexity index is 1060. The SMILES string of the molecule is COC1(NC(=O)Cn2cc(C#N)c(=O)c(C#N)c2)C(=O)N2[C@@H](C(=O)O)C(C)(C)S[C@@H]21. The van der Waals surface area contributed by atoms with Crippen molar-refractivity contribution in [3.05, 3.63) is 33.7 Å². The van der Waals surface area contributed by atoms with Gasteiger partial charge in [-0.3, -0.25) is 14.4 Å². The van der Waals surface area contributed by atoms with E-state index in [2.05, 4.69) is 5.32 Å². The Hall–Kier alpha value is -3.35. The second kappa shape index (κ2) is 7.16. The second-order valence-electron chi connectivity index (χ2n) is 7.33. The molecule has 0 radical (unpaired) electrons. The number of carbonyl (C=O) groups excluding carboxylic acids is 2. The molecule has 1 aromatic rings. The molecule has 0 bridgehead atoms. The highest BCUT2D eigenvalue weighted by Crippen LogP contribution is 2.55. The summed E-state index contributed by atoms with van der Waals surface area (Å²) in [5, 5.41) is 29.3. The molecule has 2 fully saturated rings. The van der Waals surface area contributed by atoms with Crippen LogP contribution in [0.2, 0.25) is 0 Å². The number of rotatable bonds is 5. The van der Waals surface area contributed by atoms with Crippen molar-refractivity contribution < 1.29 is 24.2 Å². The number of methoxy groups -OCH3 is 1. The normalized spacial score (nSPS) is 26.2. The summed E-state index contributed by atoms with van der Waals surface area (Å²) in [6.45, 7) is 2.99. The molecule has 0 saturated carbocycles. The number of β-lactam (4-membered cyclic amide) rings is 1. The summed E-state index contributed by atoms with van der Waals surface area (Å²) in [5.74, 6) is -2.51. The molecule has 3 atom stereocenters. The topological polar surface area (TPSA) is 166 Å². The summed E-state index contributed by atoms with van der Waals surface area (Å²) < 4.78 is 5.72. The first-order valence-electron chi connectivity index (χ1n) is 8.66. The van der Waals surface area contributed by atoms with Crippen LogP contribution in [-0.4, -0.2) is 61.4 Å². The van der Waals surface area contributed by atoms with Gasteiger partial charge in [-0.05, 0) is 13.8 Å². The second-order valence-corrected chi connectivity index (χ2v) is 9.06. The lowest BCUT2D eigenvalue weighted by atomic mass is 9.93. The van der Waals surface area contributed by atoms with E-state index in [0.717, 1.165) is 12.4 Å². The minimum Gasteiger partial charge on any atom is -0.480 e. The van der Waals surface area contributed by atoms with Crippen molar-refractivity contribution in [3.63, 3.8) is 0 Å². The maximum atomic E-state index is 12.8. The number of hydrogen-bond acceptors (Lipinski definition) is 8. The van der Waals surface area contributed by atoms with E-state index in [1.807, 2.05) is 0 Å². The number of thioether (sulfide) groups is 1. The van der Waals surface area contributed by atoms with Crippen LogP contribution >= 0.6 is 11.8 Å². The molecule has 11 nitrogen and oxygen atoms in total. The third kappa shape index (κ3) is 3.01. The van der Waals surface area contributed by atoms with Gasteiger partial charge in [0.15, 0.2) is 0 Å². The zero-order valence-electron chi connectivity index (χ0n) is 16.2. The molecule has 12 heteroatoms. The number of nitriles is 2. The third-order valence-electron chi connectivity index (χ3n) is 5.03. The zero-order chi connectivity index (χ0) is 22.4. The molecule has 0 spiro atoms. The number of nitrogens with zero attached hydrogens (tertiary/aromatic N) is 4. The predicted octanol–water partition coefficient (Wildman–Crippen LogP) is -0.803. The molecule has 3 heterocycles. The van der Waals surface area contributed by atoms with E-state index in [-0.39, 0.29) is 11.1 Å². The van der Waals surface area contributed by atoms with E-state index in [4.69, 9.17) is 15.3 Å². The molecule has 3 rings (SSSR count). The van der Waals surface area contributed by atoms with Crippen LogP contribution < -0.4 is 10.7 Å². The fraction of sp³-hybridized carbons (Fsp3) is 0.444. The third-order valence-corrected chi connectivity index (χ3v) is 6.64. The maximum Gasteiger partial charge on any atom is 0.327 e. The van der Waals surface area contributed by atoms with E-state index in [1.165, 1.54) is 28.3 Å². The molecular formula is C18H17N5O6S. The molecule has 2 N–H and O–H groups in total. The summed E-state index contributed by atoms with van der Waals surface area (Å²) in [6, 6.07) is 2.26. The van der Waals surface area contributed by atoms with Gasteiger partial charge in [0.2, 0.25) is 11.3 Å². The Morgan fingerprint density at radius 1 is 1.27 bits per heavy atom. The van der Waals surface area contributed by atoms with Gasteiger partial charge in [0.05, 0.1) is 0 Å². The predicted molar refractivity (Wildman–Crippen MR) is 102 cm³/mol. The largest absolute Gasteiger partial charge is 0.480 e. The average Bonchev–Trinajstić information content (AvgIpc) is 2.96. The van der Waals surface area contributed by atoms with Crippen LogP contribution in [0, 0.1) is 22.7 Å². The van der Waals surface area contributed by atoms with Gasteiger partial charge in [0, 0.05) is 24.3 Å². The number of aliphatic carboxylic acids is 1. The standard InChI is InChI=1S/C18H17N5O6S/c1-17(2)13(14(26)27)23-15(28)18(29-3,16(23)30-17)21-11(24)8-22-6-9(4-19)12(25)10(5-20)7-22/h6-7,13,16H,8H2,1-3H3,(H,21,24)(H,26,27)/t13-,16+,18?/m0/s1. The van der Waals surface area contributed by atoms with Crippen molar-refractivity contribution in [1.29, 1.82) is 10.5 Å². The number of carbonyl (C=O) groups is 3. The first kappa shape index (κ1) is 21.4. The number of hydrogen-bond donors (Lipinski definition) is 2. The summed E-state index contributed by atoms with van der Waals surface area (Å²) in [6.07, 6.45) is 2.26. The summed E-state index contributed by atoms with van der Waals surface area (Å²) >= 11 is 1.20. The molecular weight excluding hydrogens is 414 g/mol. The van der Waals surface area contributed by atoms with Gasteiger partial charge >= 0.3 is 5.97 Å². The number of pyridine rings is 1. The highest BCUT2D eigenvalue weighted by atomic mass is 32.2. The smallest absolute Gasteiger partial charge is 0.327 e. The summed E-state index contributed by atoms with van der Waals surface area (Å²) in [5.41, 5.74) is -3.07. The lowest BCUT2D eigenvalue weighted by molar-refractivity contribution is -0.201. The van der Waals surface area contributed by atoms with Crippen molar-refractivity contribution in [1.82, 2.24) is 14.8 Å². The number of carboxylic acid groups (broad SMARTS) is 1. The fourth-order valence-corrected chi connectivity index (χ4v) is 5.35. The van der Waals surface area contributed by atoms with Gasteiger partial charge in [-0.2, -0.15) is 10.5 Å². The number of aromatic nitrogens is 1. The monoisotopic (exact) mass is 431 g/mol. The Kier molecular flexibility index (Phi) is 5.10. The first-order valence-corrected chi connectivity index (χ1v) is 9.54. The highest BCUT2D eigenvalue weighted by Gasteiger charge is 2.73. The number of carboxylic acids is 1. The van der Waals surface area contributed by atoms with Crippen molar-refractivity contribution in [2.24, 2.45) is 0 Å². The Morgan fingerprint density at radius 2 is 1.83 bits per heavy atom. The fourth-order valence-electron chi connectivity index (χ4n) is 3.68. The molecule has 30 heavy (non-hydrogen) atoms. The van der Waals surface area contributed by atoms with Gasteiger partial charge in [-0.15, -0.1) is 11.8 Å². The number of ether oxygens (including phenoxy) is 1. The molecule has 0 aromatic carbocycles. The summed E-state index contributed by atoms with van der Waals surface area (Å²) in [7, 11) is 1.23. The van der Waals surface area contributed by atoms with Crippen molar-refractivity contribution in [3.8, 4) is 12.1 Å². The van der Waals surface area contributed by atoms with Crippen LogP contribution in [0.4, 0.5) is 0 Å². The Morgan fingerprint density at radius 3 is 2.30 bits per heavy atom. The Balaban J connectivity index is 1.85. The maximum absolute atomic E-state index is 12.8.